The van der Waals surface area contributed by atoms with Gasteiger partial charge in [0.15, 0.2) is 5.69 Å². The van der Waals surface area contributed by atoms with Crippen molar-refractivity contribution in [3.63, 3.8) is 0 Å². The van der Waals surface area contributed by atoms with E-state index in [0.717, 1.165) is 6.07 Å². The Morgan fingerprint density at radius 3 is 2.39 bits per heavy atom. The maximum absolute atomic E-state index is 13.3. The number of benzene rings is 1. The first-order valence-electron chi connectivity index (χ1n) is 8.57. The summed E-state index contributed by atoms with van der Waals surface area (Å²) < 4.78 is 58.3. The number of anilines is 1. The molecule has 8 heteroatoms. The molecular weight excluding hydrogens is 374 g/mol. The SMILES string of the molecule is [C-]#[N+]c1ccc(N(CCOc2ccc(F)nc2)CC(C)(C)C)cc1C(F)(F)F. The third-order valence-corrected chi connectivity index (χ3v) is 3.77. The van der Waals surface area contributed by atoms with E-state index in [1.54, 1.807) is 4.90 Å². The van der Waals surface area contributed by atoms with Crippen LogP contribution in [-0.4, -0.2) is 24.7 Å². The number of halogens is 4. The Morgan fingerprint density at radius 1 is 1.14 bits per heavy atom. The number of ether oxygens (including phenoxy) is 1. The molecule has 0 radical (unpaired) electrons. The molecule has 0 unspecified atom stereocenters. The van der Waals surface area contributed by atoms with E-state index in [1.807, 2.05) is 20.8 Å². The average Bonchev–Trinajstić information content (AvgIpc) is 2.60. The lowest BCUT2D eigenvalue weighted by atomic mass is 9.95. The Morgan fingerprint density at radius 2 is 1.86 bits per heavy atom. The summed E-state index contributed by atoms with van der Waals surface area (Å²) in [5.74, 6) is -0.252. The number of aromatic nitrogens is 1. The van der Waals surface area contributed by atoms with Gasteiger partial charge in [0.2, 0.25) is 5.95 Å². The number of pyridine rings is 1. The molecule has 1 aromatic heterocycles. The van der Waals surface area contributed by atoms with Gasteiger partial charge in [-0.05, 0) is 29.7 Å². The normalized spacial score (nSPS) is 11.8. The van der Waals surface area contributed by atoms with E-state index in [9.17, 15) is 17.6 Å². The Hall–Kier alpha value is -2.82. The van der Waals surface area contributed by atoms with Crippen LogP contribution < -0.4 is 9.64 Å². The van der Waals surface area contributed by atoms with Crippen LogP contribution in [0.15, 0.2) is 36.5 Å². The highest BCUT2D eigenvalue weighted by Gasteiger charge is 2.34. The summed E-state index contributed by atoms with van der Waals surface area (Å²) in [7, 11) is 0. The minimum absolute atomic E-state index is 0.176. The molecule has 4 nitrogen and oxygen atoms in total. The van der Waals surface area contributed by atoms with Crippen LogP contribution in [0.1, 0.15) is 26.3 Å². The van der Waals surface area contributed by atoms with Crippen LogP contribution in [-0.2, 0) is 6.18 Å². The van der Waals surface area contributed by atoms with Gasteiger partial charge in [0.25, 0.3) is 0 Å². The molecule has 0 aliphatic carbocycles. The first-order chi connectivity index (χ1) is 13.0. The number of hydrogen-bond donors (Lipinski definition) is 0. The van der Waals surface area contributed by atoms with Gasteiger partial charge < -0.3 is 9.64 Å². The predicted octanol–water partition coefficient (Wildman–Crippen LogP) is 5.72. The van der Waals surface area contributed by atoms with E-state index in [0.29, 0.717) is 24.5 Å². The lowest BCUT2D eigenvalue weighted by Crippen LogP contribution is -2.36. The van der Waals surface area contributed by atoms with Crippen molar-refractivity contribution >= 4 is 11.4 Å². The highest BCUT2D eigenvalue weighted by Crippen LogP contribution is 2.39. The van der Waals surface area contributed by atoms with Crippen molar-refractivity contribution in [2.45, 2.75) is 26.9 Å². The van der Waals surface area contributed by atoms with E-state index in [-0.39, 0.29) is 12.0 Å². The third-order valence-electron chi connectivity index (χ3n) is 3.77. The Kier molecular flexibility index (Phi) is 6.49. The molecule has 0 amide bonds. The van der Waals surface area contributed by atoms with E-state index in [4.69, 9.17) is 11.3 Å². The van der Waals surface area contributed by atoms with Crippen molar-refractivity contribution in [3.8, 4) is 5.75 Å². The summed E-state index contributed by atoms with van der Waals surface area (Å²) in [5, 5.41) is 0. The molecule has 150 valence electrons. The first-order valence-corrected chi connectivity index (χ1v) is 8.57. The van der Waals surface area contributed by atoms with Gasteiger partial charge >= 0.3 is 6.18 Å². The van der Waals surface area contributed by atoms with Crippen LogP contribution in [0.5, 0.6) is 5.75 Å². The highest BCUT2D eigenvalue weighted by molar-refractivity contribution is 5.62. The van der Waals surface area contributed by atoms with E-state index in [2.05, 4.69) is 9.83 Å². The molecule has 0 aliphatic heterocycles. The second kappa shape index (κ2) is 8.46. The number of hydrogen-bond acceptors (Lipinski definition) is 3. The molecule has 0 spiro atoms. The number of nitrogens with zero attached hydrogens (tertiary/aromatic N) is 3. The van der Waals surface area contributed by atoms with Crippen molar-refractivity contribution in [3.05, 3.63) is 59.5 Å². The van der Waals surface area contributed by atoms with Crippen molar-refractivity contribution in [1.29, 1.82) is 0 Å². The van der Waals surface area contributed by atoms with Crippen molar-refractivity contribution < 1.29 is 22.3 Å². The maximum Gasteiger partial charge on any atom is 0.407 e. The van der Waals surface area contributed by atoms with Gasteiger partial charge in [0, 0.05) is 12.2 Å². The largest absolute Gasteiger partial charge is 0.490 e. The predicted molar refractivity (Wildman–Crippen MR) is 99.1 cm³/mol. The van der Waals surface area contributed by atoms with E-state index >= 15 is 0 Å². The average molecular weight is 395 g/mol. The van der Waals surface area contributed by atoms with E-state index in [1.165, 1.54) is 30.5 Å². The molecule has 0 N–H and O–H groups in total. The molecule has 0 aliphatic rings. The standard InChI is InChI=1S/C20H21F4N3O/c1-19(2,3)13-27(9-10-28-15-6-8-18(21)26-12-15)14-5-7-17(25-4)16(11-14)20(22,23)24/h5-8,11-12H,9-10,13H2,1-3H3. The second-order valence-electron chi connectivity index (χ2n) is 7.46. The fourth-order valence-corrected chi connectivity index (χ4v) is 2.64. The van der Waals surface area contributed by atoms with Crippen molar-refractivity contribution in [1.82, 2.24) is 4.98 Å². The van der Waals surface area contributed by atoms with E-state index < -0.39 is 23.4 Å². The zero-order valence-corrected chi connectivity index (χ0v) is 15.8. The topological polar surface area (TPSA) is 29.7 Å². The quantitative estimate of drug-likeness (QED) is 0.356. The summed E-state index contributed by atoms with van der Waals surface area (Å²) in [5.41, 5.74) is -1.22. The van der Waals surface area contributed by atoms with Gasteiger partial charge in [-0.2, -0.15) is 17.6 Å². The molecule has 2 rings (SSSR count). The molecule has 1 heterocycles. The lowest BCUT2D eigenvalue weighted by molar-refractivity contribution is -0.136. The van der Waals surface area contributed by atoms with Crippen LogP contribution in [0, 0.1) is 17.9 Å². The smallest absolute Gasteiger partial charge is 0.407 e. The minimum Gasteiger partial charge on any atom is -0.490 e. The third kappa shape index (κ3) is 6.12. The van der Waals surface area contributed by atoms with Crippen LogP contribution in [0.4, 0.5) is 28.9 Å². The zero-order valence-electron chi connectivity index (χ0n) is 15.8. The summed E-state index contributed by atoms with van der Waals surface area (Å²) in [6, 6.07) is 6.29. The fraction of sp³-hybridized carbons (Fsp3) is 0.400. The summed E-state index contributed by atoms with van der Waals surface area (Å²) in [4.78, 5) is 8.24. The number of alkyl halides is 3. The molecule has 1 aromatic carbocycles. The zero-order chi connectivity index (χ0) is 20.9. The first kappa shape index (κ1) is 21.5. The molecule has 0 saturated carbocycles. The second-order valence-corrected chi connectivity index (χ2v) is 7.46. The molecule has 0 saturated heterocycles. The summed E-state index contributed by atoms with van der Waals surface area (Å²) >= 11 is 0. The molecule has 0 fully saturated rings. The fourth-order valence-electron chi connectivity index (χ4n) is 2.64. The Bertz CT molecular complexity index is 837. The lowest BCUT2D eigenvalue weighted by Gasteiger charge is -2.32. The maximum atomic E-state index is 13.3. The molecule has 2 aromatic rings. The van der Waals surface area contributed by atoms with Crippen LogP contribution in [0.2, 0.25) is 0 Å². The Labute approximate surface area is 161 Å². The van der Waals surface area contributed by atoms with Crippen molar-refractivity contribution in [2.75, 3.05) is 24.6 Å². The summed E-state index contributed by atoms with van der Waals surface area (Å²) in [6.07, 6.45) is -3.37. The van der Waals surface area contributed by atoms with Gasteiger partial charge in [-0.15, -0.1) is 0 Å². The minimum atomic E-state index is -4.61. The molecular formula is C20H21F4N3O. The number of rotatable bonds is 6. The summed E-state index contributed by atoms with van der Waals surface area (Å²) in [6.45, 7) is 13.9. The highest BCUT2D eigenvalue weighted by atomic mass is 19.4. The Balaban J connectivity index is 2.23. The monoisotopic (exact) mass is 395 g/mol. The van der Waals surface area contributed by atoms with Gasteiger partial charge in [-0.25, -0.2) is 9.83 Å². The van der Waals surface area contributed by atoms with Gasteiger partial charge in [0.1, 0.15) is 12.4 Å². The van der Waals surface area contributed by atoms with Crippen molar-refractivity contribution in [2.24, 2.45) is 5.41 Å². The molecule has 0 atom stereocenters. The molecule has 0 bridgehead atoms. The van der Waals surface area contributed by atoms with Gasteiger partial charge in [-0.3, -0.25) is 0 Å². The van der Waals surface area contributed by atoms with Gasteiger partial charge in [0.05, 0.1) is 24.9 Å². The van der Waals surface area contributed by atoms with Crippen LogP contribution in [0.3, 0.4) is 0 Å². The van der Waals surface area contributed by atoms with Crippen LogP contribution in [0.25, 0.3) is 4.85 Å². The van der Waals surface area contributed by atoms with Gasteiger partial charge in [-0.1, -0.05) is 26.8 Å². The van der Waals surface area contributed by atoms with Crippen LogP contribution >= 0.6 is 0 Å². The molecule has 28 heavy (non-hydrogen) atoms.